The Hall–Kier alpha value is -2.90. The van der Waals surface area contributed by atoms with Crippen molar-refractivity contribution >= 4 is 17.5 Å². The van der Waals surface area contributed by atoms with Crippen LogP contribution in [0.5, 0.6) is 0 Å². The van der Waals surface area contributed by atoms with Crippen LogP contribution in [0.15, 0.2) is 24.5 Å². The van der Waals surface area contributed by atoms with Gasteiger partial charge in [-0.1, -0.05) is 0 Å². The third kappa shape index (κ3) is 2.87. The molecule has 23 heavy (non-hydrogen) atoms. The van der Waals surface area contributed by atoms with Gasteiger partial charge in [0, 0.05) is 36.6 Å². The number of carbonyl (C=O) groups excluding carboxylic acids is 1. The molecule has 0 aromatic carbocycles. The summed E-state index contributed by atoms with van der Waals surface area (Å²) in [4.78, 5) is 16.3. The van der Waals surface area contributed by atoms with Gasteiger partial charge in [0.15, 0.2) is 5.65 Å². The van der Waals surface area contributed by atoms with Crippen molar-refractivity contribution in [1.29, 1.82) is 0 Å². The molecule has 0 atom stereocenters. The largest absolute Gasteiger partial charge is 0.334 e. The Morgan fingerprint density at radius 3 is 2.83 bits per heavy atom. The van der Waals surface area contributed by atoms with E-state index in [1.807, 2.05) is 25.5 Å². The van der Waals surface area contributed by atoms with Crippen molar-refractivity contribution in [3.8, 4) is 0 Å². The number of amides is 2. The summed E-state index contributed by atoms with van der Waals surface area (Å²) in [5.74, 6) is 0.565. The molecule has 8 heteroatoms. The number of hydrogen-bond acceptors (Lipinski definition) is 4. The zero-order chi connectivity index (χ0) is 16.4. The number of urea groups is 1. The van der Waals surface area contributed by atoms with E-state index in [9.17, 15) is 4.79 Å². The van der Waals surface area contributed by atoms with Crippen LogP contribution in [-0.4, -0.2) is 30.4 Å². The quantitative estimate of drug-likeness (QED) is 0.769. The maximum absolute atomic E-state index is 12.1. The van der Waals surface area contributed by atoms with Crippen LogP contribution in [0.2, 0.25) is 0 Å². The number of aromatic nitrogens is 5. The molecule has 8 nitrogen and oxygen atoms in total. The van der Waals surface area contributed by atoms with Gasteiger partial charge in [0.2, 0.25) is 0 Å². The number of rotatable bonds is 4. The zero-order valence-corrected chi connectivity index (χ0v) is 13.4. The van der Waals surface area contributed by atoms with Crippen molar-refractivity contribution in [1.82, 2.24) is 29.7 Å². The normalized spacial score (nSPS) is 10.9. The molecule has 3 rings (SSSR count). The first kappa shape index (κ1) is 15.0. The van der Waals surface area contributed by atoms with E-state index >= 15 is 0 Å². The summed E-state index contributed by atoms with van der Waals surface area (Å²) in [6.07, 6.45) is 3.27. The van der Waals surface area contributed by atoms with Crippen molar-refractivity contribution in [2.45, 2.75) is 33.9 Å². The van der Waals surface area contributed by atoms with Gasteiger partial charge < -0.3 is 5.32 Å². The highest BCUT2D eigenvalue weighted by molar-refractivity contribution is 5.88. The van der Waals surface area contributed by atoms with Crippen LogP contribution in [0, 0.1) is 13.8 Å². The van der Waals surface area contributed by atoms with Gasteiger partial charge in [-0.05, 0) is 26.8 Å². The summed E-state index contributed by atoms with van der Waals surface area (Å²) >= 11 is 0. The average molecular weight is 313 g/mol. The van der Waals surface area contributed by atoms with Crippen molar-refractivity contribution < 1.29 is 4.79 Å². The number of carbonyl (C=O) groups is 1. The van der Waals surface area contributed by atoms with Gasteiger partial charge in [-0.25, -0.2) is 9.78 Å². The Bertz CT molecular complexity index is 849. The van der Waals surface area contributed by atoms with Crippen LogP contribution in [0.3, 0.4) is 0 Å². The van der Waals surface area contributed by atoms with Crippen LogP contribution in [-0.2, 0) is 13.1 Å². The van der Waals surface area contributed by atoms with Gasteiger partial charge in [-0.3, -0.25) is 10.00 Å². The minimum absolute atomic E-state index is 0.295. The highest BCUT2D eigenvalue weighted by Gasteiger charge is 2.12. The van der Waals surface area contributed by atoms with E-state index in [1.165, 1.54) is 0 Å². The smallest absolute Gasteiger partial charge is 0.320 e. The van der Waals surface area contributed by atoms with Crippen LogP contribution >= 0.6 is 0 Å². The number of fused-ring (bicyclic) bond motifs is 1. The molecule has 0 unspecified atom stereocenters. The topological polar surface area (TPSA) is 89.1 Å². The second kappa shape index (κ2) is 6.07. The predicted octanol–water partition coefficient (Wildman–Crippen LogP) is 1.88. The number of aryl methyl sites for hydroxylation is 2. The lowest BCUT2D eigenvalue weighted by molar-refractivity contribution is 0.251. The van der Waals surface area contributed by atoms with Crippen molar-refractivity contribution in [3.05, 3.63) is 41.5 Å². The van der Waals surface area contributed by atoms with Gasteiger partial charge in [0.25, 0.3) is 0 Å². The molecule has 0 aliphatic rings. The molecule has 0 aliphatic carbocycles. The second-order valence-corrected chi connectivity index (χ2v) is 5.20. The van der Waals surface area contributed by atoms with E-state index in [-0.39, 0.29) is 6.03 Å². The van der Waals surface area contributed by atoms with E-state index in [1.54, 1.807) is 29.0 Å². The van der Waals surface area contributed by atoms with Crippen LogP contribution in [0.25, 0.3) is 5.65 Å². The lowest BCUT2D eigenvalue weighted by atomic mass is 10.2. The molecular weight excluding hydrogens is 294 g/mol. The summed E-state index contributed by atoms with van der Waals surface area (Å²) in [7, 11) is 0. The highest BCUT2D eigenvalue weighted by Crippen LogP contribution is 2.13. The fourth-order valence-electron chi connectivity index (χ4n) is 2.56. The fraction of sp³-hybridized carbons (Fsp3) is 0.333. The predicted molar refractivity (Wildman–Crippen MR) is 86.2 cm³/mol. The van der Waals surface area contributed by atoms with Crippen molar-refractivity contribution in [2.24, 2.45) is 0 Å². The number of anilines is 1. The Kier molecular flexibility index (Phi) is 3.96. The fourth-order valence-corrected chi connectivity index (χ4v) is 2.56. The monoisotopic (exact) mass is 313 g/mol. The molecule has 0 saturated carbocycles. The first-order valence-corrected chi connectivity index (χ1v) is 7.46. The maximum Gasteiger partial charge on any atom is 0.320 e. The molecular formula is C15H19N7O. The third-order valence-electron chi connectivity index (χ3n) is 3.79. The molecule has 0 spiro atoms. The molecule has 0 saturated heterocycles. The Labute approximate surface area is 133 Å². The van der Waals surface area contributed by atoms with Gasteiger partial charge >= 0.3 is 6.03 Å². The summed E-state index contributed by atoms with van der Waals surface area (Å²) in [6.45, 7) is 7.24. The minimum atomic E-state index is -0.295. The maximum atomic E-state index is 12.1. The standard InChI is InChI=1S/C15H19N7O/c1-4-21-11(3)12(10(2)20-21)9-17-15(23)19-14-5-7-16-13-6-8-18-22(13)14/h5-8H,4,9H2,1-3H3,(H2,17,19,23). The minimum Gasteiger partial charge on any atom is -0.334 e. The van der Waals surface area contributed by atoms with Gasteiger partial charge in [-0.15, -0.1) is 0 Å². The Balaban J connectivity index is 1.69. The molecule has 120 valence electrons. The molecule has 0 bridgehead atoms. The summed E-state index contributed by atoms with van der Waals surface area (Å²) in [6, 6.07) is 3.18. The summed E-state index contributed by atoms with van der Waals surface area (Å²) < 4.78 is 3.51. The Morgan fingerprint density at radius 2 is 2.09 bits per heavy atom. The first-order chi connectivity index (χ1) is 11.1. The molecule has 0 radical (unpaired) electrons. The van der Waals surface area contributed by atoms with Crippen LogP contribution in [0.1, 0.15) is 23.9 Å². The molecule has 3 heterocycles. The average Bonchev–Trinajstić information content (AvgIpc) is 3.11. The number of hydrogen-bond donors (Lipinski definition) is 2. The Morgan fingerprint density at radius 1 is 1.26 bits per heavy atom. The van der Waals surface area contributed by atoms with E-state index in [4.69, 9.17) is 0 Å². The summed E-state index contributed by atoms with van der Waals surface area (Å²) in [5.41, 5.74) is 3.73. The second-order valence-electron chi connectivity index (χ2n) is 5.20. The van der Waals surface area contributed by atoms with Gasteiger partial charge in [-0.2, -0.15) is 14.7 Å². The van der Waals surface area contributed by atoms with Gasteiger partial charge in [0.1, 0.15) is 5.82 Å². The zero-order valence-electron chi connectivity index (χ0n) is 13.4. The van der Waals surface area contributed by atoms with Crippen molar-refractivity contribution in [2.75, 3.05) is 5.32 Å². The van der Waals surface area contributed by atoms with Crippen LogP contribution in [0.4, 0.5) is 10.6 Å². The molecule has 3 aromatic heterocycles. The lowest BCUT2D eigenvalue weighted by Crippen LogP contribution is -2.29. The first-order valence-electron chi connectivity index (χ1n) is 7.46. The summed E-state index contributed by atoms with van der Waals surface area (Å²) in [5, 5.41) is 14.2. The number of nitrogens with one attached hydrogen (secondary N) is 2. The van der Waals surface area contributed by atoms with E-state index < -0.39 is 0 Å². The van der Waals surface area contributed by atoms with E-state index in [0.29, 0.717) is 18.0 Å². The lowest BCUT2D eigenvalue weighted by Gasteiger charge is -2.09. The molecule has 3 aromatic rings. The highest BCUT2D eigenvalue weighted by atomic mass is 16.2. The van der Waals surface area contributed by atoms with Crippen LogP contribution < -0.4 is 10.6 Å². The molecule has 2 N–H and O–H groups in total. The van der Waals surface area contributed by atoms with E-state index in [2.05, 4.69) is 25.8 Å². The van der Waals surface area contributed by atoms with Gasteiger partial charge in [0.05, 0.1) is 11.9 Å². The third-order valence-corrected chi connectivity index (χ3v) is 3.79. The molecule has 0 aliphatic heterocycles. The number of nitrogens with zero attached hydrogens (tertiary/aromatic N) is 5. The SMILES string of the molecule is CCn1nc(C)c(CNC(=O)Nc2ccnc3ccnn23)c1C. The van der Waals surface area contributed by atoms with E-state index in [0.717, 1.165) is 23.5 Å². The molecule has 0 fully saturated rings. The van der Waals surface area contributed by atoms with Crippen molar-refractivity contribution in [3.63, 3.8) is 0 Å². The molecule has 2 amide bonds.